The van der Waals surface area contributed by atoms with E-state index in [0.29, 0.717) is 25.9 Å². The number of fused-ring (bicyclic) bond motifs is 1. The largest absolute Gasteiger partial charge is 0.405 e. The first-order valence-electron chi connectivity index (χ1n) is 8.53. The minimum absolute atomic E-state index is 0.196. The van der Waals surface area contributed by atoms with Crippen LogP contribution in [0.5, 0.6) is 0 Å². The number of rotatable bonds is 5. The van der Waals surface area contributed by atoms with Gasteiger partial charge in [-0.3, -0.25) is 9.59 Å². The van der Waals surface area contributed by atoms with Crippen molar-refractivity contribution < 1.29 is 22.8 Å². The number of carbonyl (C=O) groups excluding carboxylic acids is 2. The third kappa shape index (κ3) is 4.17. The summed E-state index contributed by atoms with van der Waals surface area (Å²) in [5.74, 6) is -0.952. The van der Waals surface area contributed by atoms with Crippen LogP contribution in [0.4, 0.5) is 13.2 Å². The SMILES string of the molecule is O=C(NCC(F)(F)F)[C@@H]1CCCN1C(=O)CCn1ccc2ccccc21. The zero-order valence-electron chi connectivity index (χ0n) is 14.1. The van der Waals surface area contributed by atoms with Crippen LogP contribution >= 0.6 is 0 Å². The number of aromatic nitrogens is 1. The van der Waals surface area contributed by atoms with Gasteiger partial charge in [0.05, 0.1) is 0 Å². The van der Waals surface area contributed by atoms with Gasteiger partial charge in [0.1, 0.15) is 12.6 Å². The molecule has 0 saturated carbocycles. The molecule has 1 N–H and O–H groups in total. The Kier molecular flexibility index (Phi) is 5.20. The molecule has 1 aliphatic heterocycles. The summed E-state index contributed by atoms with van der Waals surface area (Å²) in [6.45, 7) is -0.519. The first kappa shape index (κ1) is 18.3. The monoisotopic (exact) mass is 367 g/mol. The maximum Gasteiger partial charge on any atom is 0.405 e. The van der Waals surface area contributed by atoms with Crippen molar-refractivity contribution in [1.82, 2.24) is 14.8 Å². The molecule has 0 aliphatic carbocycles. The molecule has 5 nitrogen and oxygen atoms in total. The number of likely N-dealkylation sites (tertiary alicyclic amines) is 1. The second-order valence-electron chi connectivity index (χ2n) is 6.40. The van der Waals surface area contributed by atoms with Crippen molar-refractivity contribution in [3.8, 4) is 0 Å². The summed E-state index contributed by atoms with van der Waals surface area (Å²) in [6.07, 6.45) is -1.36. The van der Waals surface area contributed by atoms with Gasteiger partial charge in [0.2, 0.25) is 11.8 Å². The minimum Gasteiger partial charge on any atom is -0.347 e. The molecule has 1 aromatic heterocycles. The first-order chi connectivity index (χ1) is 12.3. The molecule has 2 amide bonds. The van der Waals surface area contributed by atoms with Gasteiger partial charge in [-0.2, -0.15) is 13.2 Å². The van der Waals surface area contributed by atoms with E-state index in [1.54, 1.807) is 0 Å². The second kappa shape index (κ2) is 7.39. The summed E-state index contributed by atoms with van der Waals surface area (Å²) in [4.78, 5) is 25.9. The minimum atomic E-state index is -4.46. The molecule has 1 saturated heterocycles. The molecule has 8 heteroatoms. The van der Waals surface area contributed by atoms with Crippen molar-refractivity contribution in [3.05, 3.63) is 36.5 Å². The van der Waals surface area contributed by atoms with E-state index >= 15 is 0 Å². The molecule has 1 aromatic carbocycles. The number of benzene rings is 1. The highest BCUT2D eigenvalue weighted by Crippen LogP contribution is 2.21. The van der Waals surface area contributed by atoms with Gasteiger partial charge in [0.15, 0.2) is 0 Å². The third-order valence-corrected chi connectivity index (χ3v) is 4.59. The van der Waals surface area contributed by atoms with Crippen LogP contribution in [0.15, 0.2) is 36.5 Å². The smallest absolute Gasteiger partial charge is 0.347 e. The van der Waals surface area contributed by atoms with Crippen LogP contribution in [-0.4, -0.2) is 46.6 Å². The molecule has 1 aliphatic rings. The van der Waals surface area contributed by atoms with Crippen LogP contribution in [0.1, 0.15) is 19.3 Å². The van der Waals surface area contributed by atoms with E-state index in [0.717, 1.165) is 10.9 Å². The molecule has 0 unspecified atom stereocenters. The van der Waals surface area contributed by atoms with E-state index < -0.39 is 24.7 Å². The number of carbonyl (C=O) groups is 2. The van der Waals surface area contributed by atoms with Crippen molar-refractivity contribution in [2.75, 3.05) is 13.1 Å². The fourth-order valence-electron chi connectivity index (χ4n) is 3.34. The highest BCUT2D eigenvalue weighted by molar-refractivity contribution is 5.88. The number of aryl methyl sites for hydroxylation is 1. The molecule has 0 spiro atoms. The van der Waals surface area contributed by atoms with Gasteiger partial charge in [-0.25, -0.2) is 0 Å². The molecular formula is C18H20F3N3O2. The number of amides is 2. The quantitative estimate of drug-likeness (QED) is 0.884. The van der Waals surface area contributed by atoms with Gasteiger partial charge < -0.3 is 14.8 Å². The number of alkyl halides is 3. The molecule has 0 bridgehead atoms. The van der Waals surface area contributed by atoms with Crippen LogP contribution in [0.3, 0.4) is 0 Å². The molecule has 0 radical (unpaired) electrons. The van der Waals surface area contributed by atoms with Crippen LogP contribution in [0, 0.1) is 0 Å². The van der Waals surface area contributed by atoms with Gasteiger partial charge in [-0.05, 0) is 30.4 Å². The first-order valence-corrected chi connectivity index (χ1v) is 8.53. The Bertz CT molecular complexity index is 800. The van der Waals surface area contributed by atoms with Crippen LogP contribution in [0.25, 0.3) is 10.9 Å². The van der Waals surface area contributed by atoms with E-state index in [1.807, 2.05) is 46.4 Å². The highest BCUT2D eigenvalue weighted by atomic mass is 19.4. The van der Waals surface area contributed by atoms with Crippen molar-refractivity contribution >= 4 is 22.7 Å². The number of hydrogen-bond donors (Lipinski definition) is 1. The molecule has 3 rings (SSSR count). The Morgan fingerprint density at radius 2 is 1.96 bits per heavy atom. The summed E-state index contributed by atoms with van der Waals surface area (Å²) in [5.41, 5.74) is 1.01. The fraction of sp³-hybridized carbons (Fsp3) is 0.444. The van der Waals surface area contributed by atoms with E-state index in [9.17, 15) is 22.8 Å². The number of nitrogens with one attached hydrogen (secondary N) is 1. The maximum absolute atomic E-state index is 12.5. The second-order valence-corrected chi connectivity index (χ2v) is 6.40. The van der Waals surface area contributed by atoms with Crippen LogP contribution in [0.2, 0.25) is 0 Å². The van der Waals surface area contributed by atoms with Gasteiger partial charge in [-0.15, -0.1) is 0 Å². The normalized spacial score (nSPS) is 17.7. The number of nitrogens with zero attached hydrogens (tertiary/aromatic N) is 2. The Morgan fingerprint density at radius 1 is 1.19 bits per heavy atom. The van der Waals surface area contributed by atoms with E-state index in [4.69, 9.17) is 0 Å². The molecule has 26 heavy (non-hydrogen) atoms. The van der Waals surface area contributed by atoms with Crippen molar-refractivity contribution in [2.24, 2.45) is 0 Å². The lowest BCUT2D eigenvalue weighted by atomic mass is 10.2. The summed E-state index contributed by atoms with van der Waals surface area (Å²) >= 11 is 0. The van der Waals surface area contributed by atoms with Gasteiger partial charge in [0, 0.05) is 31.2 Å². The Balaban J connectivity index is 1.59. The number of halogens is 3. The third-order valence-electron chi connectivity index (χ3n) is 4.59. The van der Waals surface area contributed by atoms with E-state index in [2.05, 4.69) is 0 Å². The van der Waals surface area contributed by atoms with E-state index in [1.165, 1.54) is 4.90 Å². The Morgan fingerprint density at radius 3 is 2.73 bits per heavy atom. The maximum atomic E-state index is 12.5. The average Bonchev–Trinajstić information content (AvgIpc) is 3.24. The lowest BCUT2D eigenvalue weighted by Gasteiger charge is -2.24. The predicted molar refractivity (Wildman–Crippen MR) is 90.4 cm³/mol. The zero-order chi connectivity index (χ0) is 18.7. The van der Waals surface area contributed by atoms with Gasteiger partial charge in [-0.1, -0.05) is 18.2 Å². The van der Waals surface area contributed by atoms with Crippen molar-refractivity contribution in [1.29, 1.82) is 0 Å². The van der Waals surface area contributed by atoms with Gasteiger partial charge >= 0.3 is 6.18 Å². The van der Waals surface area contributed by atoms with Gasteiger partial charge in [0.25, 0.3) is 0 Å². The lowest BCUT2D eigenvalue weighted by molar-refractivity contribution is -0.144. The molecule has 2 heterocycles. The van der Waals surface area contributed by atoms with Crippen LogP contribution in [-0.2, 0) is 16.1 Å². The fourth-order valence-corrected chi connectivity index (χ4v) is 3.34. The summed E-state index contributed by atoms with van der Waals surface area (Å²) in [5, 5.41) is 2.95. The molecular weight excluding hydrogens is 347 g/mol. The summed E-state index contributed by atoms with van der Waals surface area (Å²) in [6, 6.07) is 8.95. The van der Waals surface area contributed by atoms with Crippen molar-refractivity contribution in [3.63, 3.8) is 0 Å². The number of hydrogen-bond acceptors (Lipinski definition) is 2. The molecule has 2 aromatic rings. The predicted octanol–water partition coefficient (Wildman–Crippen LogP) is 2.70. The van der Waals surface area contributed by atoms with Crippen LogP contribution < -0.4 is 5.32 Å². The zero-order valence-corrected chi connectivity index (χ0v) is 14.1. The summed E-state index contributed by atoms with van der Waals surface area (Å²) < 4.78 is 38.8. The Hall–Kier alpha value is -2.51. The number of para-hydroxylation sites is 1. The van der Waals surface area contributed by atoms with E-state index in [-0.39, 0.29) is 12.3 Å². The average molecular weight is 367 g/mol. The molecule has 1 atom stereocenters. The molecule has 140 valence electrons. The van der Waals surface area contributed by atoms with Crippen molar-refractivity contribution in [2.45, 2.75) is 38.0 Å². The molecule has 1 fully saturated rings. The summed E-state index contributed by atoms with van der Waals surface area (Å²) in [7, 11) is 0. The highest BCUT2D eigenvalue weighted by Gasteiger charge is 2.36. The topological polar surface area (TPSA) is 54.3 Å². The Labute approximate surface area is 148 Å². The standard InChI is InChI=1S/C18H20F3N3O2/c19-18(20,21)12-22-17(26)15-6-3-9-24(15)16(25)8-11-23-10-7-13-4-1-2-5-14(13)23/h1-2,4-5,7,10,15H,3,6,8-9,11-12H2,(H,22,26)/t15-/m0/s1. The lowest BCUT2D eigenvalue weighted by Crippen LogP contribution is -2.48.